The SMILES string of the molecule is NC1=NC2(CCCCC2)N(c2ccc(Oc3ccccc3)cc2[N+](=O)[O-])C(N)=N1. The molecule has 29 heavy (non-hydrogen) atoms. The van der Waals surface area contributed by atoms with Crippen LogP contribution in [0.3, 0.4) is 0 Å². The van der Waals surface area contributed by atoms with E-state index in [-0.39, 0.29) is 17.6 Å². The summed E-state index contributed by atoms with van der Waals surface area (Å²) in [5.74, 6) is 1.17. The maximum Gasteiger partial charge on any atom is 0.296 e. The number of rotatable bonds is 4. The van der Waals surface area contributed by atoms with Gasteiger partial charge in [0.1, 0.15) is 22.8 Å². The first-order valence-corrected chi connectivity index (χ1v) is 9.50. The molecule has 4 rings (SSSR count). The molecule has 1 fully saturated rings. The van der Waals surface area contributed by atoms with Crippen molar-refractivity contribution >= 4 is 23.3 Å². The number of nitrogens with zero attached hydrogens (tertiary/aromatic N) is 4. The van der Waals surface area contributed by atoms with E-state index in [1.807, 2.05) is 18.2 Å². The Morgan fingerprint density at radius 1 is 1.03 bits per heavy atom. The van der Waals surface area contributed by atoms with E-state index in [4.69, 9.17) is 16.2 Å². The summed E-state index contributed by atoms with van der Waals surface area (Å²) in [6.45, 7) is 0. The van der Waals surface area contributed by atoms with Crippen molar-refractivity contribution < 1.29 is 9.66 Å². The molecule has 9 heteroatoms. The predicted octanol–water partition coefficient (Wildman–Crippen LogP) is 3.50. The van der Waals surface area contributed by atoms with E-state index in [1.165, 1.54) is 6.07 Å². The Hall–Kier alpha value is -3.62. The van der Waals surface area contributed by atoms with Crippen LogP contribution in [-0.2, 0) is 0 Å². The lowest BCUT2D eigenvalue weighted by Crippen LogP contribution is -2.58. The molecule has 150 valence electrons. The Labute approximate surface area is 167 Å². The minimum Gasteiger partial charge on any atom is -0.457 e. The maximum atomic E-state index is 11.9. The van der Waals surface area contributed by atoms with Crippen LogP contribution in [0.4, 0.5) is 11.4 Å². The van der Waals surface area contributed by atoms with Crippen molar-refractivity contribution in [2.75, 3.05) is 4.90 Å². The Morgan fingerprint density at radius 3 is 2.45 bits per heavy atom. The molecule has 1 spiro atoms. The van der Waals surface area contributed by atoms with E-state index in [9.17, 15) is 10.1 Å². The molecule has 1 saturated carbocycles. The minimum absolute atomic E-state index is 0.104. The van der Waals surface area contributed by atoms with Gasteiger partial charge in [0, 0.05) is 0 Å². The lowest BCUT2D eigenvalue weighted by molar-refractivity contribution is -0.384. The van der Waals surface area contributed by atoms with Crippen molar-refractivity contribution in [3.63, 3.8) is 0 Å². The van der Waals surface area contributed by atoms with Gasteiger partial charge in [-0.05, 0) is 49.9 Å². The summed E-state index contributed by atoms with van der Waals surface area (Å²) in [4.78, 5) is 21.8. The lowest BCUT2D eigenvalue weighted by Gasteiger charge is -2.45. The third-order valence-electron chi connectivity index (χ3n) is 5.21. The van der Waals surface area contributed by atoms with E-state index in [1.54, 1.807) is 29.2 Å². The monoisotopic (exact) mass is 394 g/mol. The summed E-state index contributed by atoms with van der Waals surface area (Å²) < 4.78 is 5.76. The molecule has 2 aromatic carbocycles. The second kappa shape index (κ2) is 7.42. The highest BCUT2D eigenvalue weighted by Gasteiger charge is 2.44. The number of ether oxygens (including phenoxy) is 1. The Morgan fingerprint density at radius 2 is 1.76 bits per heavy atom. The molecule has 0 amide bonds. The van der Waals surface area contributed by atoms with Crippen molar-refractivity contribution in [3.8, 4) is 11.5 Å². The van der Waals surface area contributed by atoms with Gasteiger partial charge in [0.2, 0.25) is 11.9 Å². The minimum atomic E-state index is -0.749. The van der Waals surface area contributed by atoms with Crippen LogP contribution in [0.25, 0.3) is 0 Å². The summed E-state index contributed by atoms with van der Waals surface area (Å²) in [6, 6.07) is 13.8. The molecule has 1 aliphatic carbocycles. The molecule has 0 atom stereocenters. The number of nitro groups is 1. The van der Waals surface area contributed by atoms with Gasteiger partial charge in [-0.3, -0.25) is 15.0 Å². The van der Waals surface area contributed by atoms with Gasteiger partial charge in [-0.2, -0.15) is 4.99 Å². The average molecular weight is 394 g/mol. The molecule has 1 heterocycles. The number of nitrogens with two attached hydrogens (primary N) is 2. The number of hydrogen-bond acceptors (Lipinski definition) is 8. The largest absolute Gasteiger partial charge is 0.457 e. The quantitative estimate of drug-likeness (QED) is 0.602. The maximum absolute atomic E-state index is 11.9. The van der Waals surface area contributed by atoms with Crippen LogP contribution >= 0.6 is 0 Å². The first-order valence-electron chi connectivity index (χ1n) is 9.50. The van der Waals surface area contributed by atoms with Crippen LogP contribution in [0.1, 0.15) is 32.1 Å². The van der Waals surface area contributed by atoms with Gasteiger partial charge >= 0.3 is 0 Å². The molecule has 0 saturated heterocycles. The molecular formula is C20H22N6O3. The number of nitro benzene ring substituents is 1. The normalized spacial score (nSPS) is 18.1. The van der Waals surface area contributed by atoms with Crippen LogP contribution < -0.4 is 21.1 Å². The molecule has 1 aliphatic heterocycles. The van der Waals surface area contributed by atoms with E-state index in [0.29, 0.717) is 30.0 Å². The van der Waals surface area contributed by atoms with Crippen molar-refractivity contribution in [1.29, 1.82) is 0 Å². The van der Waals surface area contributed by atoms with Crippen LogP contribution in [-0.4, -0.2) is 22.5 Å². The number of benzene rings is 2. The molecule has 2 aromatic rings. The van der Waals surface area contributed by atoms with E-state index in [2.05, 4.69) is 9.98 Å². The van der Waals surface area contributed by atoms with Gasteiger partial charge in [0.15, 0.2) is 0 Å². The van der Waals surface area contributed by atoms with E-state index < -0.39 is 10.6 Å². The average Bonchev–Trinajstić information content (AvgIpc) is 2.69. The molecule has 4 N–H and O–H groups in total. The lowest BCUT2D eigenvalue weighted by atomic mass is 9.87. The first-order chi connectivity index (χ1) is 14.0. The van der Waals surface area contributed by atoms with Crippen molar-refractivity contribution in [1.82, 2.24) is 0 Å². The van der Waals surface area contributed by atoms with Crippen LogP contribution in [0, 0.1) is 10.1 Å². The molecule has 0 aromatic heterocycles. The second-order valence-corrected chi connectivity index (χ2v) is 7.14. The number of guanidine groups is 2. The zero-order chi connectivity index (χ0) is 20.4. The Balaban J connectivity index is 1.76. The summed E-state index contributed by atoms with van der Waals surface area (Å²) in [5, 5.41) is 11.9. The Bertz CT molecular complexity index is 983. The van der Waals surface area contributed by atoms with Gasteiger partial charge in [0.25, 0.3) is 5.69 Å². The summed E-state index contributed by atoms with van der Waals surface area (Å²) >= 11 is 0. The van der Waals surface area contributed by atoms with Gasteiger partial charge in [-0.1, -0.05) is 24.6 Å². The van der Waals surface area contributed by atoms with Crippen LogP contribution in [0.2, 0.25) is 0 Å². The van der Waals surface area contributed by atoms with Crippen LogP contribution in [0.5, 0.6) is 11.5 Å². The van der Waals surface area contributed by atoms with Crippen molar-refractivity contribution in [3.05, 3.63) is 58.6 Å². The number of para-hydroxylation sites is 1. The molecule has 0 bridgehead atoms. The van der Waals surface area contributed by atoms with E-state index >= 15 is 0 Å². The number of aliphatic imine (C=N–C) groups is 2. The summed E-state index contributed by atoms with van der Waals surface area (Å²) in [6.07, 6.45) is 4.34. The molecule has 2 aliphatic rings. The van der Waals surface area contributed by atoms with Gasteiger partial charge in [-0.25, -0.2) is 4.99 Å². The highest BCUT2D eigenvalue weighted by atomic mass is 16.6. The Kier molecular flexibility index (Phi) is 4.79. The highest BCUT2D eigenvalue weighted by molar-refractivity contribution is 6.06. The molecular weight excluding hydrogens is 372 g/mol. The fraction of sp³-hybridized carbons (Fsp3) is 0.300. The predicted molar refractivity (Wildman–Crippen MR) is 111 cm³/mol. The highest BCUT2D eigenvalue weighted by Crippen LogP contribution is 2.43. The number of anilines is 1. The van der Waals surface area contributed by atoms with Gasteiger partial charge < -0.3 is 16.2 Å². The van der Waals surface area contributed by atoms with Gasteiger partial charge in [-0.15, -0.1) is 0 Å². The molecule has 9 nitrogen and oxygen atoms in total. The third kappa shape index (κ3) is 3.58. The summed E-state index contributed by atoms with van der Waals surface area (Å²) in [5.41, 5.74) is 11.5. The van der Waals surface area contributed by atoms with Crippen molar-refractivity contribution in [2.24, 2.45) is 21.5 Å². The topological polar surface area (TPSA) is 132 Å². The fourth-order valence-electron chi connectivity index (χ4n) is 4.00. The zero-order valence-electron chi connectivity index (χ0n) is 15.8. The number of hydrogen-bond donors (Lipinski definition) is 2. The van der Waals surface area contributed by atoms with Crippen molar-refractivity contribution in [2.45, 2.75) is 37.8 Å². The fourth-order valence-corrected chi connectivity index (χ4v) is 4.00. The first kappa shape index (κ1) is 18.7. The van der Waals surface area contributed by atoms with Crippen LogP contribution in [0.15, 0.2) is 58.5 Å². The summed E-state index contributed by atoms with van der Waals surface area (Å²) in [7, 11) is 0. The molecule has 0 unspecified atom stereocenters. The van der Waals surface area contributed by atoms with E-state index in [0.717, 1.165) is 19.3 Å². The third-order valence-corrected chi connectivity index (χ3v) is 5.21. The standard InChI is InChI=1S/C20H22N6O3/c21-18-23-19(22)25(20(24-18)11-5-2-6-12-20)16-10-9-15(13-17(16)26(27)28)29-14-7-3-1-4-8-14/h1,3-4,7-10,13H,2,5-6,11-12H2,(H4,21,22,23,24). The zero-order valence-corrected chi connectivity index (χ0v) is 15.8. The van der Waals surface area contributed by atoms with Gasteiger partial charge in [0.05, 0.1) is 11.0 Å². The molecule has 0 radical (unpaired) electrons. The second-order valence-electron chi connectivity index (χ2n) is 7.14. The smallest absolute Gasteiger partial charge is 0.296 e.